The van der Waals surface area contributed by atoms with Crippen molar-refractivity contribution < 1.29 is 19.0 Å². The Morgan fingerprint density at radius 1 is 1.19 bits per heavy atom. The summed E-state index contributed by atoms with van der Waals surface area (Å²) in [6.45, 7) is 4.50. The Morgan fingerprint density at radius 3 is 2.84 bits per heavy atom. The third-order valence-electron chi connectivity index (χ3n) is 7.33. The molecule has 2 atom stereocenters. The lowest BCUT2D eigenvalue weighted by atomic mass is 9.73. The number of carbonyl (C=O) groups excluding carboxylic acids is 1. The van der Waals surface area contributed by atoms with Crippen molar-refractivity contribution in [2.24, 2.45) is 10.9 Å². The van der Waals surface area contributed by atoms with E-state index in [-0.39, 0.29) is 30.0 Å². The van der Waals surface area contributed by atoms with E-state index in [1.807, 2.05) is 44.2 Å². The van der Waals surface area contributed by atoms with Gasteiger partial charge in [-0.3, -0.25) is 9.79 Å². The maximum Gasteiger partial charge on any atom is 0.214 e. The Labute approximate surface area is 217 Å². The Bertz CT molecular complexity index is 1340. The summed E-state index contributed by atoms with van der Waals surface area (Å²) in [5.41, 5.74) is 4.01. The average molecular weight is 501 g/mol. The molecule has 2 aliphatic rings. The molecule has 2 heterocycles. The second-order valence-electron chi connectivity index (χ2n) is 10.7. The molecule has 1 aromatic heterocycles. The van der Waals surface area contributed by atoms with E-state index in [9.17, 15) is 14.3 Å². The van der Waals surface area contributed by atoms with Gasteiger partial charge in [0.1, 0.15) is 5.82 Å². The quantitative estimate of drug-likeness (QED) is 0.380. The Kier molecular flexibility index (Phi) is 7.20. The zero-order chi connectivity index (χ0) is 26.0. The minimum absolute atomic E-state index is 0.0222. The number of ether oxygens (including phenoxy) is 1. The molecule has 0 amide bonds. The Hall–Kier alpha value is -3.38. The Morgan fingerprint density at radius 2 is 2.03 bits per heavy atom. The van der Waals surface area contributed by atoms with Crippen molar-refractivity contribution in [3.8, 4) is 5.88 Å². The molecule has 192 valence electrons. The van der Waals surface area contributed by atoms with Gasteiger partial charge in [0.05, 0.1) is 24.0 Å². The number of nitrogens with zero attached hydrogens (tertiary/aromatic N) is 2. The number of hydrogen-bond donors (Lipinski definition) is 1. The van der Waals surface area contributed by atoms with Crippen LogP contribution in [0.1, 0.15) is 78.6 Å². The van der Waals surface area contributed by atoms with Crippen molar-refractivity contribution in [2.45, 2.75) is 70.6 Å². The molecule has 6 heteroatoms. The van der Waals surface area contributed by atoms with Crippen LogP contribution in [0, 0.1) is 11.7 Å². The van der Waals surface area contributed by atoms with E-state index >= 15 is 0 Å². The highest BCUT2D eigenvalue weighted by atomic mass is 19.1. The number of benzene rings is 2. The van der Waals surface area contributed by atoms with Gasteiger partial charge < -0.3 is 9.84 Å². The number of aromatic nitrogens is 1. The van der Waals surface area contributed by atoms with Crippen molar-refractivity contribution in [1.82, 2.24) is 4.98 Å². The first kappa shape index (κ1) is 25.3. The predicted molar refractivity (Wildman–Crippen MR) is 142 cm³/mol. The van der Waals surface area contributed by atoms with Crippen LogP contribution in [-0.4, -0.2) is 33.3 Å². The third kappa shape index (κ3) is 5.80. The van der Waals surface area contributed by atoms with Crippen LogP contribution in [0.4, 0.5) is 4.39 Å². The van der Waals surface area contributed by atoms with Crippen molar-refractivity contribution in [1.29, 1.82) is 0 Å². The lowest BCUT2D eigenvalue weighted by Crippen LogP contribution is -2.38. The smallest absolute Gasteiger partial charge is 0.214 e. The van der Waals surface area contributed by atoms with Gasteiger partial charge in [0.2, 0.25) is 5.88 Å². The number of Topliss-reactive ketones (excluding diaryl/α,β-unsaturated/α-hetero) is 1. The number of pyridine rings is 1. The van der Waals surface area contributed by atoms with Gasteiger partial charge in [0, 0.05) is 41.8 Å². The van der Waals surface area contributed by atoms with Crippen molar-refractivity contribution >= 4 is 11.5 Å². The summed E-state index contributed by atoms with van der Waals surface area (Å²) in [4.78, 5) is 22.4. The average Bonchev–Trinajstić information content (AvgIpc) is 3.28. The van der Waals surface area contributed by atoms with Crippen molar-refractivity contribution in [3.63, 3.8) is 0 Å². The summed E-state index contributed by atoms with van der Waals surface area (Å²) in [5.74, 6) is 0.390. The molecule has 1 aliphatic carbocycles. The maximum atomic E-state index is 14.2. The standard InChI is InChI=1S/C31H33FN2O3/c1-20(2)37-29-16-23(11-13-33-29)30-26-15-22(9-10-25(26)19-34-30)28(35)14-21-6-5-12-31(36,17-21)18-24-7-3-4-8-27(24)32/h3-4,7-11,13,15-16,20-21,36H,5-6,12,14,17-19H2,1-2H3/t21-,31+/m0/s1. The van der Waals surface area contributed by atoms with E-state index in [1.54, 1.807) is 24.4 Å². The molecule has 2 aromatic carbocycles. The molecule has 0 saturated heterocycles. The number of fused-ring (bicyclic) bond motifs is 1. The molecule has 0 spiro atoms. The number of hydrogen-bond acceptors (Lipinski definition) is 5. The van der Waals surface area contributed by atoms with Crippen LogP contribution in [0.5, 0.6) is 5.88 Å². The molecule has 5 nitrogen and oxygen atoms in total. The van der Waals surface area contributed by atoms with Gasteiger partial charge in [-0.2, -0.15) is 0 Å². The van der Waals surface area contributed by atoms with Gasteiger partial charge in [-0.1, -0.05) is 36.8 Å². The number of halogens is 1. The second kappa shape index (κ2) is 10.5. The largest absolute Gasteiger partial charge is 0.475 e. The Balaban J connectivity index is 1.29. The molecular weight excluding hydrogens is 467 g/mol. The number of rotatable bonds is 8. The van der Waals surface area contributed by atoms with Crippen molar-refractivity contribution in [3.05, 3.63) is 94.4 Å². The van der Waals surface area contributed by atoms with Gasteiger partial charge in [-0.15, -0.1) is 0 Å². The zero-order valence-corrected chi connectivity index (χ0v) is 21.4. The van der Waals surface area contributed by atoms with Crippen molar-refractivity contribution in [2.75, 3.05) is 0 Å². The highest BCUT2D eigenvalue weighted by Crippen LogP contribution is 2.37. The number of carbonyl (C=O) groups is 1. The fraction of sp³-hybridized carbons (Fsp3) is 0.387. The fourth-order valence-corrected chi connectivity index (χ4v) is 5.64. The molecule has 0 unspecified atom stereocenters. The van der Waals surface area contributed by atoms with Crippen LogP contribution in [0.15, 0.2) is 65.8 Å². The first-order valence-electron chi connectivity index (χ1n) is 13.1. The molecular formula is C31H33FN2O3. The fourth-order valence-electron chi connectivity index (χ4n) is 5.64. The third-order valence-corrected chi connectivity index (χ3v) is 7.33. The van der Waals surface area contributed by atoms with Gasteiger partial charge in [0.25, 0.3) is 0 Å². The number of aliphatic imine (C=N–C) groups is 1. The first-order chi connectivity index (χ1) is 17.8. The lowest BCUT2D eigenvalue weighted by molar-refractivity contribution is -0.0164. The topological polar surface area (TPSA) is 71.8 Å². The maximum absolute atomic E-state index is 14.2. The molecule has 0 bridgehead atoms. The van der Waals surface area contributed by atoms with E-state index in [0.717, 1.165) is 35.2 Å². The van der Waals surface area contributed by atoms with Gasteiger partial charge >= 0.3 is 0 Å². The number of ketones is 1. The van der Waals surface area contributed by atoms with Crippen LogP contribution in [0.2, 0.25) is 0 Å². The molecule has 1 fully saturated rings. The number of aliphatic hydroxyl groups is 1. The predicted octanol–water partition coefficient (Wildman–Crippen LogP) is 6.10. The summed E-state index contributed by atoms with van der Waals surface area (Å²) in [6, 6.07) is 16.2. The van der Waals surface area contributed by atoms with Crippen LogP contribution in [0.3, 0.4) is 0 Å². The first-order valence-corrected chi connectivity index (χ1v) is 13.1. The summed E-state index contributed by atoms with van der Waals surface area (Å²) in [6.07, 6.45) is 5.22. The lowest BCUT2D eigenvalue weighted by Gasteiger charge is -2.37. The molecule has 1 N–H and O–H groups in total. The van der Waals surface area contributed by atoms with Crippen LogP contribution < -0.4 is 4.74 Å². The van der Waals surface area contributed by atoms with Crippen LogP contribution >= 0.6 is 0 Å². The highest BCUT2D eigenvalue weighted by molar-refractivity contribution is 6.16. The van der Waals surface area contributed by atoms with Gasteiger partial charge in [0.15, 0.2) is 5.78 Å². The summed E-state index contributed by atoms with van der Waals surface area (Å²) in [7, 11) is 0. The normalized spacial score (nSPS) is 21.0. The van der Waals surface area contributed by atoms with E-state index in [1.165, 1.54) is 6.07 Å². The highest BCUT2D eigenvalue weighted by Gasteiger charge is 2.36. The molecule has 1 aliphatic heterocycles. The van der Waals surface area contributed by atoms with E-state index in [0.29, 0.717) is 42.8 Å². The van der Waals surface area contributed by atoms with E-state index in [4.69, 9.17) is 9.73 Å². The second-order valence-corrected chi connectivity index (χ2v) is 10.7. The zero-order valence-electron chi connectivity index (χ0n) is 21.4. The van der Waals surface area contributed by atoms with Crippen LogP contribution in [-0.2, 0) is 13.0 Å². The molecule has 5 rings (SSSR count). The summed E-state index contributed by atoms with van der Waals surface area (Å²) >= 11 is 0. The SMILES string of the molecule is CC(C)Oc1cc(C2=NCc3ccc(C(=O)C[C@@H]4CCC[C@](O)(Cc5ccccc5F)C4)cc32)ccn1. The molecule has 37 heavy (non-hydrogen) atoms. The van der Waals surface area contributed by atoms with E-state index in [2.05, 4.69) is 4.98 Å². The van der Waals surface area contributed by atoms with Crippen LogP contribution in [0.25, 0.3) is 0 Å². The molecule has 3 aromatic rings. The van der Waals surface area contributed by atoms with Gasteiger partial charge in [-0.05, 0) is 68.4 Å². The van der Waals surface area contributed by atoms with E-state index < -0.39 is 5.60 Å². The van der Waals surface area contributed by atoms with Gasteiger partial charge in [-0.25, -0.2) is 9.37 Å². The summed E-state index contributed by atoms with van der Waals surface area (Å²) in [5, 5.41) is 11.3. The molecule has 0 radical (unpaired) electrons. The summed E-state index contributed by atoms with van der Waals surface area (Å²) < 4.78 is 19.9. The minimum Gasteiger partial charge on any atom is -0.475 e. The minimum atomic E-state index is -0.986. The molecule has 1 saturated carbocycles. The monoisotopic (exact) mass is 500 g/mol.